The Bertz CT molecular complexity index is 5860. The number of pyridine rings is 9. The second-order valence-corrected chi connectivity index (χ2v) is 41.4. The molecule has 4 saturated carbocycles. The molecule has 0 atom stereocenters. The molecule has 0 unspecified atom stereocenters. The Kier molecular flexibility index (Phi) is 35.9. The summed E-state index contributed by atoms with van der Waals surface area (Å²) in [6, 6.07) is 34.0. The monoisotopic (exact) mass is 2280 g/mol. The van der Waals surface area contributed by atoms with Gasteiger partial charge >= 0.3 is 21.1 Å². The molecule has 9 aliphatic rings. The Hall–Kier alpha value is -8.86. The molecule has 11 aromatic rings. The molecular weight excluding hydrogens is 2170 g/mol. The van der Waals surface area contributed by atoms with Gasteiger partial charge in [0.05, 0.1) is 69.3 Å². The van der Waals surface area contributed by atoms with Gasteiger partial charge in [-0.1, -0.05) is 22.0 Å². The van der Waals surface area contributed by atoms with E-state index >= 15 is 0 Å². The topological polar surface area (TPSA) is 329 Å². The van der Waals surface area contributed by atoms with Gasteiger partial charge in [-0.2, -0.15) is 4.39 Å². The zero-order valence-electron chi connectivity index (χ0n) is 79.8. The lowest BCUT2D eigenvalue weighted by molar-refractivity contribution is 0.00578. The highest BCUT2D eigenvalue weighted by Gasteiger charge is 2.64. The Balaban J connectivity index is 0.000000145. The highest BCUT2D eigenvalue weighted by atomic mass is 127. The predicted octanol–water partition coefficient (Wildman–Crippen LogP) is 23.7. The van der Waals surface area contributed by atoms with Crippen molar-refractivity contribution in [2.45, 2.75) is 246 Å². The third kappa shape index (κ3) is 28.9. The lowest BCUT2D eigenvalue weighted by Crippen LogP contribution is -2.41. The highest BCUT2D eigenvalue weighted by Crippen LogP contribution is 2.45. The Morgan fingerprint density at radius 2 is 0.735 bits per heavy atom. The molecule has 37 heteroatoms. The van der Waals surface area contributed by atoms with E-state index in [1.165, 1.54) is 25.1 Å². The average Bonchev–Trinajstić information content (AvgIpc) is 1.60. The minimum absolute atomic E-state index is 0. The molecule has 136 heavy (non-hydrogen) atoms. The second kappa shape index (κ2) is 46.0. The maximum atomic E-state index is 12.4. The molecule has 0 amide bonds. The molecule has 718 valence electrons. The summed E-state index contributed by atoms with van der Waals surface area (Å²) in [6.45, 7) is 32.5. The van der Waals surface area contributed by atoms with Gasteiger partial charge in [-0.05, 0) is 357 Å². The van der Waals surface area contributed by atoms with Gasteiger partial charge in [0.1, 0.15) is 47.7 Å². The summed E-state index contributed by atoms with van der Waals surface area (Å²) in [7, 11) is 2.34. The number of hydrogen-bond acceptors (Lipinski definition) is 27. The van der Waals surface area contributed by atoms with Crippen molar-refractivity contribution in [1.82, 2.24) is 44.9 Å². The van der Waals surface area contributed by atoms with Crippen LogP contribution in [-0.4, -0.2) is 150 Å². The highest BCUT2D eigenvalue weighted by molar-refractivity contribution is 14.0. The number of benzene rings is 2. The lowest BCUT2D eigenvalue weighted by Gasteiger charge is -2.32. The number of aromatic nitrogens is 9. The van der Waals surface area contributed by atoms with E-state index in [0.29, 0.717) is 60.7 Å². The first-order chi connectivity index (χ1) is 64.0. The molecule has 9 aromatic heterocycles. The van der Waals surface area contributed by atoms with Crippen LogP contribution in [0.15, 0.2) is 187 Å². The molecule has 20 rings (SSSR count). The average molecular weight is 2290 g/mol. The Morgan fingerprint density at radius 3 is 1.10 bits per heavy atom. The first-order valence-electron chi connectivity index (χ1n) is 45.1. The van der Waals surface area contributed by atoms with E-state index in [0.717, 1.165) is 187 Å². The minimum Gasteiger partial charge on any atom is -0.474 e. The van der Waals surface area contributed by atoms with Gasteiger partial charge in [0.25, 0.3) is 0 Å². The second-order valence-electron chi connectivity index (χ2n) is 37.0. The molecule has 6 aliphatic carbocycles. The van der Waals surface area contributed by atoms with Crippen LogP contribution in [0.3, 0.4) is 0 Å². The quantitative estimate of drug-likeness (QED) is 0.0249. The summed E-state index contributed by atoms with van der Waals surface area (Å²) in [5, 5.41) is 16.0. The van der Waals surface area contributed by atoms with Crippen molar-refractivity contribution < 1.29 is 60.9 Å². The number of nitrogen functional groups attached to an aromatic ring is 1. The number of anilines is 9. The van der Waals surface area contributed by atoms with E-state index in [-0.39, 0.29) is 69.1 Å². The summed E-state index contributed by atoms with van der Waals surface area (Å²) in [5.74, 6) is 5.64. The number of hydrogen-bond donors (Lipinski definition) is 6. The number of halogens is 7. The van der Waals surface area contributed by atoms with E-state index in [2.05, 4.69) is 192 Å². The summed E-state index contributed by atoms with van der Waals surface area (Å²) in [4.78, 5) is 61.6. The van der Waals surface area contributed by atoms with Gasteiger partial charge in [-0.3, -0.25) is 9.59 Å². The van der Waals surface area contributed by atoms with E-state index in [9.17, 15) is 14.0 Å². The molecule has 3 aliphatic heterocycles. The normalized spacial score (nSPS) is 17.5. The summed E-state index contributed by atoms with van der Waals surface area (Å²) < 4.78 is 75.3. The number of ether oxygens (including phenoxy) is 4. The van der Waals surface area contributed by atoms with Gasteiger partial charge < -0.3 is 79.2 Å². The largest absolute Gasteiger partial charge is 0.496 e. The van der Waals surface area contributed by atoms with Gasteiger partial charge in [0, 0.05) is 144 Å². The van der Waals surface area contributed by atoms with Crippen LogP contribution in [0.1, 0.15) is 201 Å². The molecular formula is C99H117B3Br5FIN15O12. The summed E-state index contributed by atoms with van der Waals surface area (Å²) >= 11 is 16.6. The molecule has 0 bridgehead atoms. The first-order valence-corrected chi connectivity index (χ1v) is 49.1. The van der Waals surface area contributed by atoms with Crippen LogP contribution >= 0.6 is 104 Å². The van der Waals surface area contributed by atoms with Crippen molar-refractivity contribution in [3.63, 3.8) is 0 Å². The first kappa shape index (κ1) is 106. The fraction of sp³-hybridized carbons (Fsp3) is 0.404. The van der Waals surface area contributed by atoms with Gasteiger partial charge in [-0.25, -0.2) is 44.9 Å². The molecule has 27 nitrogen and oxygen atoms in total. The van der Waals surface area contributed by atoms with Crippen LogP contribution in [0.2, 0.25) is 0 Å². The number of nitrogens with one attached hydrogen (secondary N) is 5. The zero-order chi connectivity index (χ0) is 97.1. The smallest absolute Gasteiger partial charge is 0.474 e. The molecule has 3 saturated heterocycles. The fourth-order valence-corrected chi connectivity index (χ4v) is 15.4. The van der Waals surface area contributed by atoms with Crippen molar-refractivity contribution in [2.75, 3.05) is 46.4 Å². The number of aryl methyl sites for hydroxylation is 4. The predicted molar refractivity (Wildman–Crippen MR) is 564 cm³/mol. The number of carbonyl (C=O) groups excluding carboxylic acids is 2. The maximum absolute atomic E-state index is 12.4. The zero-order valence-corrected chi connectivity index (χ0v) is 90.1. The Labute approximate surface area is 856 Å². The van der Waals surface area contributed by atoms with Crippen LogP contribution in [0, 0.1) is 33.6 Å². The van der Waals surface area contributed by atoms with Crippen molar-refractivity contribution in [1.29, 1.82) is 0 Å². The van der Waals surface area contributed by atoms with E-state index in [1.54, 1.807) is 43.2 Å². The van der Waals surface area contributed by atoms with E-state index in [1.807, 2.05) is 194 Å². The SMILES string of the molecule is Brc1ccc(OC2CC2)nc1.CC1(C)OB(B2OC(C)(C)C(C)(C)O2)OC1(C)C.CNc1ccc(-c2cnc(Nc3ccc(OC4CC4)nc3)cc2C)c2c1C(=O)CC2.CNc1ccc(Br)c2c1C(=O)CC2.Cc1cc(N)ncc1Br.Cc1cc(Nc2ccc(OC3CC3)nc2)ncc1B1OC(C)(C)C(C)(C)O1.Cc1cc(Nc2ccc(OC3CC3)nc2)ncc1Br.Fc1ccc(Br)cn1.I. The van der Waals surface area contributed by atoms with Crippen molar-refractivity contribution in [3.05, 3.63) is 238 Å². The van der Waals surface area contributed by atoms with Crippen LogP contribution in [0.4, 0.5) is 56.1 Å². The minimum atomic E-state index is -0.476. The number of nitrogens with two attached hydrogens (primary N) is 1. The number of nitrogens with zero attached hydrogens (tertiary/aromatic N) is 9. The number of fused-ring (bicyclic) bond motifs is 2. The molecule has 0 spiro atoms. The van der Waals surface area contributed by atoms with Crippen LogP contribution < -0.4 is 56.7 Å². The molecule has 7 fully saturated rings. The lowest BCUT2D eigenvalue weighted by atomic mass is 9.49. The number of rotatable bonds is 19. The van der Waals surface area contributed by atoms with Crippen LogP contribution in [-0.2, 0) is 40.8 Å². The number of ketones is 2. The summed E-state index contributed by atoms with van der Waals surface area (Å²) in [6.07, 6.45) is 29.1. The third-order valence-electron chi connectivity index (χ3n) is 24.5. The third-order valence-corrected chi connectivity index (χ3v) is 27.8. The van der Waals surface area contributed by atoms with E-state index in [4.69, 9.17) is 52.6 Å². The molecule has 0 radical (unpaired) electrons. The summed E-state index contributed by atoms with van der Waals surface area (Å²) in [5.41, 5.74) is 19.2. The Morgan fingerprint density at radius 1 is 0.375 bits per heavy atom. The van der Waals surface area contributed by atoms with Gasteiger partial charge in [0.2, 0.25) is 29.5 Å². The van der Waals surface area contributed by atoms with Crippen LogP contribution in [0.25, 0.3) is 11.1 Å². The maximum Gasteiger partial charge on any atom is 0.496 e. The molecule has 12 heterocycles. The van der Waals surface area contributed by atoms with Crippen molar-refractivity contribution in [3.8, 4) is 34.6 Å². The number of Topliss-reactive ketones (excluding diaryl/α,β-unsaturated/α-hetero) is 2. The number of carbonyl (C=O) groups is 2. The molecule has 2 aromatic carbocycles. The fourth-order valence-electron chi connectivity index (χ4n) is 14.0. The van der Waals surface area contributed by atoms with Gasteiger partial charge in [0.15, 0.2) is 11.6 Å². The van der Waals surface area contributed by atoms with Crippen LogP contribution in [0.5, 0.6) is 23.5 Å². The van der Waals surface area contributed by atoms with Crippen molar-refractivity contribution in [2.24, 2.45) is 0 Å². The van der Waals surface area contributed by atoms with Gasteiger partial charge in [-0.15, -0.1) is 24.0 Å². The van der Waals surface area contributed by atoms with Crippen molar-refractivity contribution >= 4 is 194 Å². The van der Waals surface area contributed by atoms with E-state index < -0.39 is 27.1 Å². The molecule has 7 N–H and O–H groups in total. The standard InChI is InChI=1S/C24H24N4O2.C20H26BN3O3.C14H14BrN3O.C12H24B2O4.C10H10BrNO.C8H8BrNO.C6H7BrN2.C5H3BrFN.HI/c1-14-11-22(28-15-3-10-23(27-12-15)30-16-4-5-16)26-13-19(14)17-6-8-20(25-2)24-18(17)7-9-21(24)29;1-13-10-17(24-14-6-9-18(23-11-14)25-15-7-8-15)22-12-16(13)21-26-19(2,3)20(4,5)27-21;1-9-6-13(16-8-12(9)15)18-10-2-5-14(17-7-10)19-11-3-4-11;1-9(2)10(3,4)16-13(15-9)14-17-11(5,6)12(7,8)18-14;1-12-8-4-3-7(11)6-2-5-9(13)10(6)8;9-6-1-4-8(10-5-6)11-7-2-3-7;1-4-2-6(8)9-3-5(4)7;6-4-1-2-5(7)8-3-4;/h3,6,8,10-13,16,25H,4-5,7,9H2,1-2H3,(H,26,28);6,9-12,15H,7-8H2,1-5H3,(H,22,24);2,5-8,11H,3-4H2,1H3,(H,16,18);1-8H3;3-4,12H,2,5H2,1H3;1,4-5,7H,2-3H2;2-3H,1H3,(H2,8,9);1-3H;1H.